The molecule has 0 saturated heterocycles. The molecule has 0 fully saturated rings. The quantitative estimate of drug-likeness (QED) is 0.872. The first kappa shape index (κ1) is 15.3. The summed E-state index contributed by atoms with van der Waals surface area (Å²) in [5.74, 6) is -0.431. The highest BCUT2D eigenvalue weighted by Crippen LogP contribution is 2.34. The fraction of sp³-hybridized carbons (Fsp3) is 0.200. The molecule has 2 rings (SSSR count). The highest BCUT2D eigenvalue weighted by atomic mass is 19.4. The first-order valence-electron chi connectivity index (χ1n) is 6.09. The number of hydrogen-bond acceptors (Lipinski definition) is 2. The monoisotopic (exact) mass is 299 g/mol. The minimum absolute atomic E-state index is 0.0272. The molecule has 0 aromatic heterocycles. The molecule has 2 aromatic carbocycles. The molecule has 0 spiro atoms. The number of ether oxygens (including phenoxy) is 1. The lowest BCUT2D eigenvalue weighted by molar-refractivity contribution is -0.137. The molecule has 0 radical (unpaired) electrons. The van der Waals surface area contributed by atoms with Crippen molar-refractivity contribution in [3.63, 3.8) is 0 Å². The summed E-state index contributed by atoms with van der Waals surface area (Å²) in [6, 6.07) is 7.60. The molecule has 1 atom stereocenters. The summed E-state index contributed by atoms with van der Waals surface area (Å²) in [5, 5.41) is 0. The van der Waals surface area contributed by atoms with Crippen LogP contribution in [-0.2, 0) is 6.18 Å². The fourth-order valence-electron chi connectivity index (χ4n) is 2.07. The molecule has 2 N–H and O–H groups in total. The van der Waals surface area contributed by atoms with Crippen LogP contribution in [0.15, 0.2) is 42.5 Å². The lowest BCUT2D eigenvalue weighted by Gasteiger charge is -2.18. The summed E-state index contributed by atoms with van der Waals surface area (Å²) in [6.07, 6.45) is -4.48. The molecule has 21 heavy (non-hydrogen) atoms. The van der Waals surface area contributed by atoms with Gasteiger partial charge in [0.25, 0.3) is 0 Å². The average molecular weight is 299 g/mol. The molecular weight excluding hydrogens is 286 g/mol. The Labute approximate surface area is 119 Å². The minimum Gasteiger partial charge on any atom is -0.496 e. The van der Waals surface area contributed by atoms with Gasteiger partial charge in [0.2, 0.25) is 0 Å². The van der Waals surface area contributed by atoms with E-state index in [4.69, 9.17) is 10.5 Å². The number of methoxy groups -OCH3 is 1. The lowest BCUT2D eigenvalue weighted by atomic mass is 9.96. The lowest BCUT2D eigenvalue weighted by Crippen LogP contribution is -2.16. The Morgan fingerprint density at radius 1 is 1.10 bits per heavy atom. The maximum absolute atomic E-state index is 13.9. The number of alkyl halides is 3. The molecule has 0 aliphatic carbocycles. The Balaban J connectivity index is 2.48. The molecule has 0 heterocycles. The van der Waals surface area contributed by atoms with E-state index in [0.29, 0.717) is 0 Å². The molecule has 112 valence electrons. The summed E-state index contributed by atoms with van der Waals surface area (Å²) < 4.78 is 57.1. The van der Waals surface area contributed by atoms with Crippen LogP contribution < -0.4 is 10.5 Å². The third-order valence-corrected chi connectivity index (χ3v) is 3.12. The van der Waals surface area contributed by atoms with Gasteiger partial charge in [-0.05, 0) is 29.8 Å². The Hall–Kier alpha value is -2.08. The van der Waals surface area contributed by atoms with Crippen LogP contribution in [0, 0.1) is 5.82 Å². The molecule has 0 aliphatic heterocycles. The summed E-state index contributed by atoms with van der Waals surface area (Å²) in [4.78, 5) is 0. The second-order valence-electron chi connectivity index (χ2n) is 4.46. The van der Waals surface area contributed by atoms with Gasteiger partial charge in [-0.2, -0.15) is 13.2 Å². The van der Waals surface area contributed by atoms with Crippen LogP contribution in [0.25, 0.3) is 0 Å². The maximum atomic E-state index is 13.9. The van der Waals surface area contributed by atoms with Crippen molar-refractivity contribution in [3.05, 3.63) is 65.0 Å². The molecule has 2 aromatic rings. The van der Waals surface area contributed by atoms with Gasteiger partial charge in [-0.1, -0.05) is 18.2 Å². The second-order valence-corrected chi connectivity index (χ2v) is 4.46. The van der Waals surface area contributed by atoms with Crippen molar-refractivity contribution in [2.24, 2.45) is 5.73 Å². The number of hydrogen-bond donors (Lipinski definition) is 1. The van der Waals surface area contributed by atoms with E-state index in [1.807, 2.05) is 0 Å². The van der Waals surface area contributed by atoms with Crippen LogP contribution in [0.1, 0.15) is 22.7 Å². The van der Waals surface area contributed by atoms with E-state index < -0.39 is 23.6 Å². The van der Waals surface area contributed by atoms with Crippen LogP contribution in [0.4, 0.5) is 17.6 Å². The second kappa shape index (κ2) is 5.73. The maximum Gasteiger partial charge on any atom is 0.416 e. The van der Waals surface area contributed by atoms with Crippen molar-refractivity contribution in [3.8, 4) is 5.75 Å². The minimum atomic E-state index is -4.48. The number of nitrogens with two attached hydrogens (primary N) is 1. The zero-order valence-corrected chi connectivity index (χ0v) is 11.1. The average Bonchev–Trinajstić information content (AvgIpc) is 2.45. The molecule has 1 unspecified atom stereocenters. The molecule has 0 saturated carbocycles. The van der Waals surface area contributed by atoms with Crippen LogP contribution in [0.2, 0.25) is 0 Å². The molecule has 0 aliphatic rings. The summed E-state index contributed by atoms with van der Waals surface area (Å²) >= 11 is 0. The van der Waals surface area contributed by atoms with Crippen LogP contribution in [-0.4, -0.2) is 7.11 Å². The number of benzene rings is 2. The van der Waals surface area contributed by atoms with E-state index >= 15 is 0 Å². The number of rotatable bonds is 3. The van der Waals surface area contributed by atoms with E-state index in [0.717, 1.165) is 12.1 Å². The van der Waals surface area contributed by atoms with Gasteiger partial charge < -0.3 is 10.5 Å². The summed E-state index contributed by atoms with van der Waals surface area (Å²) in [5.41, 5.74) is 5.28. The van der Waals surface area contributed by atoms with Crippen molar-refractivity contribution in [2.45, 2.75) is 12.2 Å². The van der Waals surface area contributed by atoms with E-state index in [-0.39, 0.29) is 16.9 Å². The highest BCUT2D eigenvalue weighted by Gasteiger charge is 2.31. The standard InChI is InChI=1S/C15H13F4NO/c1-21-12-7-3-6-11(16)13(12)14(20)9-4-2-5-10(8-9)15(17,18)19/h2-8,14H,20H2,1H3. The van der Waals surface area contributed by atoms with Gasteiger partial charge in [0.05, 0.1) is 24.3 Å². The van der Waals surface area contributed by atoms with Crippen molar-refractivity contribution >= 4 is 0 Å². The van der Waals surface area contributed by atoms with E-state index in [1.165, 1.54) is 37.4 Å². The Morgan fingerprint density at radius 2 is 1.76 bits per heavy atom. The zero-order chi connectivity index (χ0) is 15.6. The van der Waals surface area contributed by atoms with Crippen molar-refractivity contribution in [2.75, 3.05) is 7.11 Å². The van der Waals surface area contributed by atoms with Gasteiger partial charge in [0.1, 0.15) is 11.6 Å². The van der Waals surface area contributed by atoms with Crippen LogP contribution in [0.3, 0.4) is 0 Å². The highest BCUT2D eigenvalue weighted by molar-refractivity contribution is 5.43. The molecule has 0 bridgehead atoms. The van der Waals surface area contributed by atoms with E-state index in [2.05, 4.69) is 0 Å². The smallest absolute Gasteiger partial charge is 0.416 e. The van der Waals surface area contributed by atoms with Gasteiger partial charge in [-0.15, -0.1) is 0 Å². The van der Waals surface area contributed by atoms with Gasteiger partial charge >= 0.3 is 6.18 Å². The Kier molecular flexibility index (Phi) is 4.18. The molecule has 6 heteroatoms. The van der Waals surface area contributed by atoms with Crippen molar-refractivity contribution < 1.29 is 22.3 Å². The molecular formula is C15H13F4NO. The zero-order valence-electron chi connectivity index (χ0n) is 11.1. The molecule has 2 nitrogen and oxygen atoms in total. The largest absolute Gasteiger partial charge is 0.496 e. The third kappa shape index (κ3) is 3.16. The van der Waals surface area contributed by atoms with Gasteiger partial charge in [0, 0.05) is 0 Å². The Bertz CT molecular complexity index is 640. The normalized spacial score (nSPS) is 13.0. The molecule has 0 amide bonds. The third-order valence-electron chi connectivity index (χ3n) is 3.12. The number of halogens is 4. The van der Waals surface area contributed by atoms with Crippen molar-refractivity contribution in [1.82, 2.24) is 0 Å². The fourth-order valence-corrected chi connectivity index (χ4v) is 2.07. The summed E-state index contributed by atoms with van der Waals surface area (Å²) in [7, 11) is 1.34. The first-order chi connectivity index (χ1) is 9.84. The predicted octanol–water partition coefficient (Wildman–Crippen LogP) is 3.90. The predicted molar refractivity (Wildman–Crippen MR) is 70.4 cm³/mol. The van der Waals surface area contributed by atoms with Crippen molar-refractivity contribution in [1.29, 1.82) is 0 Å². The summed E-state index contributed by atoms with van der Waals surface area (Å²) in [6.45, 7) is 0. The van der Waals surface area contributed by atoms with Crippen LogP contribution >= 0.6 is 0 Å². The van der Waals surface area contributed by atoms with Crippen LogP contribution in [0.5, 0.6) is 5.75 Å². The first-order valence-corrected chi connectivity index (χ1v) is 6.09. The van der Waals surface area contributed by atoms with E-state index in [9.17, 15) is 17.6 Å². The van der Waals surface area contributed by atoms with Gasteiger partial charge in [-0.25, -0.2) is 4.39 Å². The van der Waals surface area contributed by atoms with Gasteiger partial charge in [-0.3, -0.25) is 0 Å². The SMILES string of the molecule is COc1cccc(F)c1C(N)c1cccc(C(F)(F)F)c1. The Morgan fingerprint density at radius 3 is 2.38 bits per heavy atom. The van der Waals surface area contributed by atoms with Gasteiger partial charge in [0.15, 0.2) is 0 Å². The van der Waals surface area contributed by atoms with E-state index in [1.54, 1.807) is 0 Å². The topological polar surface area (TPSA) is 35.2 Å².